The fourth-order valence-electron chi connectivity index (χ4n) is 3.21. The molecule has 1 N–H and O–H groups in total. The average molecular weight is 246 g/mol. The van der Waals surface area contributed by atoms with Gasteiger partial charge in [0.05, 0.1) is 11.7 Å². The molecule has 4 heteroatoms. The topological polar surface area (TPSA) is 58.5 Å². The number of carbonyl (C=O) groups excluding carboxylic acids is 2. The molecule has 0 saturated heterocycles. The summed E-state index contributed by atoms with van der Waals surface area (Å²) >= 11 is 0. The van der Waals surface area contributed by atoms with Gasteiger partial charge in [0.25, 0.3) is 0 Å². The third kappa shape index (κ3) is 2.05. The van der Waals surface area contributed by atoms with Gasteiger partial charge in [-0.25, -0.2) is 0 Å². The highest BCUT2D eigenvalue weighted by Gasteiger charge is 2.35. The van der Waals surface area contributed by atoms with E-state index in [2.05, 4.69) is 11.4 Å². The number of allylic oxidation sites excluding steroid dienone is 1. The molecule has 18 heavy (non-hydrogen) atoms. The first-order valence-electron chi connectivity index (χ1n) is 6.74. The summed E-state index contributed by atoms with van der Waals surface area (Å²) < 4.78 is 0. The van der Waals surface area contributed by atoms with Crippen LogP contribution in [0, 0.1) is 11.8 Å². The van der Waals surface area contributed by atoms with Gasteiger partial charge in [0, 0.05) is 23.6 Å². The normalized spacial score (nSPS) is 38.9. The summed E-state index contributed by atoms with van der Waals surface area (Å²) in [6.07, 6.45) is 8.58. The Morgan fingerprint density at radius 3 is 2.78 bits per heavy atom. The van der Waals surface area contributed by atoms with Crippen LogP contribution in [0.1, 0.15) is 32.1 Å². The van der Waals surface area contributed by atoms with E-state index in [1.165, 1.54) is 0 Å². The Balaban J connectivity index is 1.82. The van der Waals surface area contributed by atoms with Gasteiger partial charge in [-0.1, -0.05) is 6.08 Å². The van der Waals surface area contributed by atoms with E-state index in [1.807, 2.05) is 0 Å². The number of rotatable bonds is 2. The lowest BCUT2D eigenvalue weighted by Gasteiger charge is -2.38. The van der Waals surface area contributed by atoms with Crippen LogP contribution in [0.25, 0.3) is 0 Å². The lowest BCUT2D eigenvalue weighted by Crippen LogP contribution is -2.51. The summed E-state index contributed by atoms with van der Waals surface area (Å²) in [6.45, 7) is 0. The summed E-state index contributed by atoms with van der Waals surface area (Å²) in [7, 11) is 0. The highest BCUT2D eigenvalue weighted by Crippen LogP contribution is 2.31. The summed E-state index contributed by atoms with van der Waals surface area (Å²) in [5.41, 5.74) is 2.20. The molecule has 0 aromatic carbocycles. The number of hydrogen-bond donors (Lipinski definition) is 1. The van der Waals surface area contributed by atoms with E-state index < -0.39 is 0 Å². The molecule has 0 aromatic heterocycles. The zero-order chi connectivity index (χ0) is 12.5. The van der Waals surface area contributed by atoms with Gasteiger partial charge >= 0.3 is 0 Å². The van der Waals surface area contributed by atoms with Gasteiger partial charge in [-0.15, -0.1) is 0 Å². The SMILES string of the molecule is O=CC1CCC2NC3CC(C=O)CC=C3N=C2C1. The molecule has 1 aliphatic heterocycles. The molecule has 4 atom stereocenters. The minimum Gasteiger partial charge on any atom is -0.303 e. The van der Waals surface area contributed by atoms with Crippen LogP contribution in [-0.2, 0) is 9.59 Å². The van der Waals surface area contributed by atoms with Crippen LogP contribution < -0.4 is 5.32 Å². The maximum atomic E-state index is 10.9. The molecule has 0 radical (unpaired) electrons. The monoisotopic (exact) mass is 246 g/mol. The number of fused-ring (bicyclic) bond motifs is 2. The first kappa shape index (κ1) is 11.8. The Bertz CT molecular complexity index is 428. The Labute approximate surface area is 107 Å². The largest absolute Gasteiger partial charge is 0.303 e. The third-order valence-electron chi connectivity index (χ3n) is 4.28. The lowest BCUT2D eigenvalue weighted by molar-refractivity contribution is -0.112. The molecule has 0 spiro atoms. The second-order valence-corrected chi connectivity index (χ2v) is 5.55. The quantitative estimate of drug-likeness (QED) is 0.746. The number of aliphatic imine (C=N–C) groups is 1. The van der Waals surface area contributed by atoms with E-state index in [0.29, 0.717) is 6.04 Å². The van der Waals surface area contributed by atoms with Gasteiger partial charge in [-0.3, -0.25) is 4.99 Å². The van der Waals surface area contributed by atoms with Crippen molar-refractivity contribution in [3.05, 3.63) is 11.8 Å². The molecule has 96 valence electrons. The van der Waals surface area contributed by atoms with Gasteiger partial charge in [-0.2, -0.15) is 0 Å². The van der Waals surface area contributed by atoms with Crippen molar-refractivity contribution in [2.45, 2.75) is 44.2 Å². The maximum absolute atomic E-state index is 10.9. The molecule has 3 rings (SSSR count). The molecule has 4 nitrogen and oxygen atoms in total. The zero-order valence-electron chi connectivity index (χ0n) is 10.3. The number of nitrogens with zero attached hydrogens (tertiary/aromatic N) is 1. The van der Waals surface area contributed by atoms with Crippen molar-refractivity contribution >= 4 is 18.3 Å². The molecule has 4 unspecified atom stereocenters. The number of nitrogens with one attached hydrogen (secondary N) is 1. The van der Waals surface area contributed by atoms with Crippen LogP contribution in [0.4, 0.5) is 0 Å². The second kappa shape index (κ2) is 4.76. The molecular formula is C14H18N2O2. The van der Waals surface area contributed by atoms with Gasteiger partial charge in [0.2, 0.25) is 0 Å². The average Bonchev–Trinajstić information content (AvgIpc) is 2.43. The van der Waals surface area contributed by atoms with Gasteiger partial charge in [0.15, 0.2) is 0 Å². The molecule has 1 fully saturated rings. The summed E-state index contributed by atoms with van der Waals surface area (Å²) in [5, 5.41) is 3.59. The molecule has 0 amide bonds. The van der Waals surface area contributed by atoms with Gasteiger partial charge < -0.3 is 14.9 Å². The van der Waals surface area contributed by atoms with E-state index in [9.17, 15) is 9.59 Å². The second-order valence-electron chi connectivity index (χ2n) is 5.55. The molecule has 0 aromatic rings. The predicted molar refractivity (Wildman–Crippen MR) is 68.4 cm³/mol. The van der Waals surface area contributed by atoms with Gasteiger partial charge in [0.1, 0.15) is 12.6 Å². The molecule has 0 bridgehead atoms. The minimum absolute atomic E-state index is 0.134. The van der Waals surface area contributed by atoms with E-state index >= 15 is 0 Å². The third-order valence-corrected chi connectivity index (χ3v) is 4.28. The minimum atomic E-state index is 0.134. The van der Waals surface area contributed by atoms with Crippen LogP contribution in [0.5, 0.6) is 0 Å². The van der Waals surface area contributed by atoms with Crippen molar-refractivity contribution in [3.63, 3.8) is 0 Å². The van der Waals surface area contributed by atoms with Gasteiger partial charge in [-0.05, 0) is 32.1 Å². The van der Waals surface area contributed by atoms with Crippen molar-refractivity contribution in [2.24, 2.45) is 16.8 Å². The summed E-state index contributed by atoms with van der Waals surface area (Å²) in [5.74, 6) is 0.277. The van der Waals surface area contributed by atoms with Crippen molar-refractivity contribution in [1.29, 1.82) is 0 Å². The lowest BCUT2D eigenvalue weighted by atomic mass is 9.81. The Morgan fingerprint density at radius 1 is 1.17 bits per heavy atom. The molecule has 1 heterocycles. The van der Waals surface area contributed by atoms with E-state index in [4.69, 9.17) is 4.99 Å². The Hall–Kier alpha value is -1.29. The zero-order valence-corrected chi connectivity index (χ0v) is 10.3. The molecule has 2 aliphatic carbocycles. The summed E-state index contributed by atoms with van der Waals surface area (Å²) in [4.78, 5) is 26.5. The van der Waals surface area contributed by atoms with Crippen LogP contribution in [0.15, 0.2) is 16.8 Å². The first-order valence-corrected chi connectivity index (χ1v) is 6.74. The van der Waals surface area contributed by atoms with Crippen LogP contribution in [0.3, 0.4) is 0 Å². The number of carbonyl (C=O) groups is 2. The van der Waals surface area contributed by atoms with Crippen molar-refractivity contribution in [3.8, 4) is 0 Å². The molecular weight excluding hydrogens is 228 g/mol. The smallest absolute Gasteiger partial charge is 0.123 e. The molecule has 3 aliphatic rings. The van der Waals surface area contributed by atoms with E-state index in [0.717, 1.165) is 56.1 Å². The number of hydrogen-bond acceptors (Lipinski definition) is 4. The van der Waals surface area contributed by atoms with Crippen LogP contribution >= 0.6 is 0 Å². The fraction of sp³-hybridized carbons (Fsp3) is 0.643. The van der Waals surface area contributed by atoms with Crippen LogP contribution in [0.2, 0.25) is 0 Å². The fourth-order valence-corrected chi connectivity index (χ4v) is 3.21. The number of aldehydes is 2. The Morgan fingerprint density at radius 2 is 2.00 bits per heavy atom. The Kier molecular flexibility index (Phi) is 3.12. The van der Waals surface area contributed by atoms with Crippen molar-refractivity contribution in [1.82, 2.24) is 5.32 Å². The van der Waals surface area contributed by atoms with E-state index in [-0.39, 0.29) is 17.9 Å². The standard InChI is InChI=1S/C14H18N2O2/c17-7-9-1-3-11-13(5-9)16-12-4-2-10(8-18)6-14(12)15-11/h3,7-10,12-13,16H,1-2,4-6H2. The molecule has 1 saturated carbocycles. The van der Waals surface area contributed by atoms with Crippen molar-refractivity contribution in [2.75, 3.05) is 0 Å². The van der Waals surface area contributed by atoms with Crippen molar-refractivity contribution < 1.29 is 9.59 Å². The predicted octanol–water partition coefficient (Wildman–Crippen LogP) is 1.26. The highest BCUT2D eigenvalue weighted by molar-refractivity contribution is 5.94. The van der Waals surface area contributed by atoms with Crippen LogP contribution in [-0.4, -0.2) is 30.4 Å². The highest BCUT2D eigenvalue weighted by atomic mass is 16.1. The van der Waals surface area contributed by atoms with E-state index in [1.54, 1.807) is 0 Å². The summed E-state index contributed by atoms with van der Waals surface area (Å²) in [6, 6.07) is 0.546. The maximum Gasteiger partial charge on any atom is 0.123 e. The first-order chi connectivity index (χ1) is 8.80.